The fourth-order valence-corrected chi connectivity index (χ4v) is 2.66. The molecule has 17 heavy (non-hydrogen) atoms. The summed E-state index contributed by atoms with van der Waals surface area (Å²) in [6, 6.07) is 7.62. The summed E-state index contributed by atoms with van der Waals surface area (Å²) in [5, 5.41) is 9.65. The second-order valence-corrected chi connectivity index (χ2v) is 5.84. The number of halogens is 1. The van der Waals surface area contributed by atoms with E-state index in [1.807, 2.05) is 36.1 Å². The van der Waals surface area contributed by atoms with Gasteiger partial charge in [-0.05, 0) is 53.1 Å². The molecule has 1 aliphatic rings. The lowest BCUT2D eigenvalue weighted by molar-refractivity contribution is 0.0297. The third kappa shape index (κ3) is 2.98. The predicted octanol–water partition coefficient (Wildman–Crippen LogP) is 2.13. The van der Waals surface area contributed by atoms with E-state index >= 15 is 0 Å². The van der Waals surface area contributed by atoms with Gasteiger partial charge < -0.3 is 10.0 Å². The van der Waals surface area contributed by atoms with E-state index in [1.165, 1.54) is 0 Å². The number of piperidine rings is 1. The van der Waals surface area contributed by atoms with E-state index in [2.05, 4.69) is 22.6 Å². The molecule has 0 aliphatic carbocycles. The summed E-state index contributed by atoms with van der Waals surface area (Å²) < 4.78 is 1.07. The van der Waals surface area contributed by atoms with Crippen LogP contribution in [0.3, 0.4) is 0 Å². The Hall–Kier alpha value is -0.620. The summed E-state index contributed by atoms with van der Waals surface area (Å²) in [4.78, 5) is 14.1. The SMILES string of the molecule is CC1CN(C(=O)c2cccc(I)c2)CCC1O. The molecular formula is C13H16INO2. The highest BCUT2D eigenvalue weighted by Gasteiger charge is 2.27. The average molecular weight is 345 g/mol. The van der Waals surface area contributed by atoms with Gasteiger partial charge in [0.25, 0.3) is 5.91 Å². The largest absolute Gasteiger partial charge is 0.393 e. The van der Waals surface area contributed by atoms with E-state index in [9.17, 15) is 9.90 Å². The third-order valence-electron chi connectivity index (χ3n) is 3.22. The number of hydrogen-bond acceptors (Lipinski definition) is 2. The first-order chi connectivity index (χ1) is 8.08. The summed E-state index contributed by atoms with van der Waals surface area (Å²) in [5.41, 5.74) is 0.737. The highest BCUT2D eigenvalue weighted by molar-refractivity contribution is 14.1. The van der Waals surface area contributed by atoms with Gasteiger partial charge in [0.15, 0.2) is 0 Å². The maximum absolute atomic E-state index is 12.2. The van der Waals surface area contributed by atoms with Crippen molar-refractivity contribution >= 4 is 28.5 Å². The van der Waals surface area contributed by atoms with Crippen molar-refractivity contribution in [3.8, 4) is 0 Å². The van der Waals surface area contributed by atoms with Gasteiger partial charge in [-0.3, -0.25) is 4.79 Å². The zero-order chi connectivity index (χ0) is 12.4. The van der Waals surface area contributed by atoms with Gasteiger partial charge >= 0.3 is 0 Å². The van der Waals surface area contributed by atoms with E-state index in [0.29, 0.717) is 19.5 Å². The number of rotatable bonds is 1. The Bertz CT molecular complexity index is 422. The summed E-state index contributed by atoms with van der Waals surface area (Å²) in [7, 11) is 0. The van der Waals surface area contributed by atoms with Gasteiger partial charge in [0.05, 0.1) is 6.10 Å². The number of amides is 1. The minimum absolute atomic E-state index is 0.0715. The molecule has 4 heteroatoms. The number of benzene rings is 1. The number of aliphatic hydroxyl groups excluding tert-OH is 1. The molecule has 1 aromatic rings. The van der Waals surface area contributed by atoms with Crippen molar-refractivity contribution in [2.75, 3.05) is 13.1 Å². The van der Waals surface area contributed by atoms with Gasteiger partial charge in [0, 0.05) is 22.2 Å². The average Bonchev–Trinajstić information content (AvgIpc) is 2.32. The maximum Gasteiger partial charge on any atom is 0.253 e. The Morgan fingerprint density at radius 3 is 2.94 bits per heavy atom. The zero-order valence-corrected chi connectivity index (χ0v) is 11.9. The Morgan fingerprint density at radius 1 is 1.53 bits per heavy atom. The van der Waals surface area contributed by atoms with Crippen molar-refractivity contribution < 1.29 is 9.90 Å². The van der Waals surface area contributed by atoms with Crippen molar-refractivity contribution in [3.05, 3.63) is 33.4 Å². The van der Waals surface area contributed by atoms with Crippen molar-refractivity contribution in [1.82, 2.24) is 4.90 Å². The first-order valence-electron chi connectivity index (χ1n) is 5.81. The molecule has 1 amide bonds. The molecule has 2 unspecified atom stereocenters. The van der Waals surface area contributed by atoms with Gasteiger partial charge in [-0.2, -0.15) is 0 Å². The Balaban J connectivity index is 2.10. The van der Waals surface area contributed by atoms with Gasteiger partial charge in [-0.25, -0.2) is 0 Å². The number of carbonyl (C=O) groups excluding carboxylic acids is 1. The number of hydrogen-bond donors (Lipinski definition) is 1. The van der Waals surface area contributed by atoms with E-state index in [-0.39, 0.29) is 17.9 Å². The summed E-state index contributed by atoms with van der Waals surface area (Å²) in [6.45, 7) is 3.28. The fraction of sp³-hybridized carbons (Fsp3) is 0.462. The summed E-state index contributed by atoms with van der Waals surface area (Å²) in [6.07, 6.45) is 0.409. The molecule has 0 spiro atoms. The lowest BCUT2D eigenvalue weighted by atomic mass is 9.96. The summed E-state index contributed by atoms with van der Waals surface area (Å²) >= 11 is 2.21. The molecule has 1 saturated heterocycles. The van der Waals surface area contributed by atoms with Gasteiger partial charge in [0.2, 0.25) is 0 Å². The second kappa shape index (κ2) is 5.35. The lowest BCUT2D eigenvalue weighted by Gasteiger charge is -2.34. The minimum Gasteiger partial charge on any atom is -0.393 e. The first-order valence-corrected chi connectivity index (χ1v) is 6.88. The Labute approximate surface area is 115 Å². The number of carbonyl (C=O) groups is 1. The molecular weight excluding hydrogens is 329 g/mol. The standard InChI is InChI=1S/C13H16INO2/c1-9-8-15(6-5-12(9)16)13(17)10-3-2-4-11(14)7-10/h2-4,7,9,12,16H,5-6,8H2,1H3. The zero-order valence-electron chi connectivity index (χ0n) is 9.77. The molecule has 1 aromatic carbocycles. The van der Waals surface area contributed by atoms with Crippen molar-refractivity contribution in [2.45, 2.75) is 19.4 Å². The van der Waals surface area contributed by atoms with E-state index < -0.39 is 0 Å². The van der Waals surface area contributed by atoms with Crippen molar-refractivity contribution in [3.63, 3.8) is 0 Å². The van der Waals surface area contributed by atoms with E-state index in [1.54, 1.807) is 0 Å². The minimum atomic E-state index is -0.269. The normalized spacial score (nSPS) is 24.8. The van der Waals surface area contributed by atoms with Crippen LogP contribution in [0.2, 0.25) is 0 Å². The number of nitrogens with zero attached hydrogens (tertiary/aromatic N) is 1. The quantitative estimate of drug-likeness (QED) is 0.793. The second-order valence-electron chi connectivity index (χ2n) is 4.59. The third-order valence-corrected chi connectivity index (χ3v) is 3.89. The highest BCUT2D eigenvalue weighted by Crippen LogP contribution is 2.19. The number of aliphatic hydroxyl groups is 1. The van der Waals surface area contributed by atoms with Crippen molar-refractivity contribution in [2.24, 2.45) is 5.92 Å². The van der Waals surface area contributed by atoms with Crippen LogP contribution >= 0.6 is 22.6 Å². The molecule has 3 nitrogen and oxygen atoms in total. The molecule has 1 heterocycles. The molecule has 1 N–H and O–H groups in total. The van der Waals surface area contributed by atoms with Gasteiger partial charge in [-0.1, -0.05) is 13.0 Å². The molecule has 2 atom stereocenters. The lowest BCUT2D eigenvalue weighted by Crippen LogP contribution is -2.44. The van der Waals surface area contributed by atoms with Crippen LogP contribution in [0.4, 0.5) is 0 Å². The predicted molar refractivity (Wildman–Crippen MR) is 74.9 cm³/mol. The number of likely N-dealkylation sites (tertiary alicyclic amines) is 1. The Morgan fingerprint density at radius 2 is 2.29 bits per heavy atom. The van der Waals surface area contributed by atoms with Crippen LogP contribution in [0.1, 0.15) is 23.7 Å². The molecule has 1 aliphatic heterocycles. The molecule has 0 aromatic heterocycles. The molecule has 0 saturated carbocycles. The maximum atomic E-state index is 12.2. The topological polar surface area (TPSA) is 40.5 Å². The van der Waals surface area contributed by atoms with Crippen LogP contribution in [0, 0.1) is 9.49 Å². The molecule has 2 rings (SSSR count). The van der Waals surface area contributed by atoms with Gasteiger partial charge in [-0.15, -0.1) is 0 Å². The van der Waals surface area contributed by atoms with E-state index in [4.69, 9.17) is 0 Å². The van der Waals surface area contributed by atoms with Gasteiger partial charge in [0.1, 0.15) is 0 Å². The molecule has 92 valence electrons. The van der Waals surface area contributed by atoms with Crippen LogP contribution in [-0.2, 0) is 0 Å². The smallest absolute Gasteiger partial charge is 0.253 e. The van der Waals surface area contributed by atoms with Crippen LogP contribution in [0.5, 0.6) is 0 Å². The summed E-state index contributed by atoms with van der Waals surface area (Å²) in [5.74, 6) is 0.234. The molecule has 0 bridgehead atoms. The van der Waals surface area contributed by atoms with Crippen LogP contribution in [0.15, 0.2) is 24.3 Å². The van der Waals surface area contributed by atoms with Crippen LogP contribution < -0.4 is 0 Å². The van der Waals surface area contributed by atoms with Crippen molar-refractivity contribution in [1.29, 1.82) is 0 Å². The van der Waals surface area contributed by atoms with E-state index in [0.717, 1.165) is 9.13 Å². The first kappa shape index (κ1) is 12.8. The molecule has 1 fully saturated rings. The monoisotopic (exact) mass is 345 g/mol. The highest BCUT2D eigenvalue weighted by atomic mass is 127. The van der Waals surface area contributed by atoms with Crippen LogP contribution in [-0.4, -0.2) is 35.1 Å². The Kier molecular flexibility index (Phi) is 4.04. The fourth-order valence-electron chi connectivity index (χ4n) is 2.12. The van der Waals surface area contributed by atoms with Crippen LogP contribution in [0.25, 0.3) is 0 Å². The molecule has 0 radical (unpaired) electrons.